The van der Waals surface area contributed by atoms with Crippen LogP contribution in [0.5, 0.6) is 5.75 Å². The molecule has 0 aromatic heterocycles. The number of hydrogen-bond acceptors (Lipinski definition) is 2. The largest absolute Gasteiger partial charge is 3.00 e. The summed E-state index contributed by atoms with van der Waals surface area (Å²) in [7, 11) is 0. The van der Waals surface area contributed by atoms with Crippen molar-refractivity contribution in [1.29, 1.82) is 0 Å². The van der Waals surface area contributed by atoms with E-state index in [2.05, 4.69) is 0 Å². The Morgan fingerprint density at radius 2 is 1.58 bits per heavy atom. The molecule has 0 spiro atoms. The molecule has 0 bridgehead atoms. The fraction of sp³-hybridized carbons (Fsp3) is 0.250. The van der Waals surface area contributed by atoms with Crippen LogP contribution in [0.1, 0.15) is 12.6 Å². The number of aromatic hydroxyl groups is 1. The van der Waals surface area contributed by atoms with Crippen LogP contribution in [0, 0.1) is 0 Å². The van der Waals surface area contributed by atoms with Gasteiger partial charge in [0, 0.05) is 6.61 Å². The Kier molecular flexibility index (Phi) is 20.5. The van der Waals surface area contributed by atoms with Gasteiger partial charge >= 0.3 is 36.2 Å². The van der Waals surface area contributed by atoms with Gasteiger partial charge in [-0.1, -0.05) is 18.2 Å². The van der Waals surface area contributed by atoms with E-state index in [1.54, 1.807) is 31.2 Å². The van der Waals surface area contributed by atoms with Crippen molar-refractivity contribution in [2.75, 3.05) is 6.61 Å². The second-order valence-electron chi connectivity index (χ2n) is 1.65. The normalized spacial score (nSPS) is 6.50. The third-order valence-electron chi connectivity index (χ3n) is 0.756. The van der Waals surface area contributed by atoms with E-state index >= 15 is 0 Å². The minimum absolute atomic E-state index is 0. The molecular weight excluding hydrogens is 162 g/mol. The first-order chi connectivity index (χ1) is 4.81. The van der Waals surface area contributed by atoms with E-state index in [1.165, 1.54) is 0 Å². The van der Waals surface area contributed by atoms with E-state index < -0.39 is 0 Å². The summed E-state index contributed by atoms with van der Waals surface area (Å²) in [5.41, 5.74) is 0. The maximum absolute atomic E-state index is 8.63. The van der Waals surface area contributed by atoms with Crippen molar-refractivity contribution in [3.05, 3.63) is 30.3 Å². The molecule has 64 valence electrons. The van der Waals surface area contributed by atoms with Crippen LogP contribution in [0.3, 0.4) is 0 Å². The van der Waals surface area contributed by atoms with Gasteiger partial charge in [-0.2, -0.15) is 0 Å². The van der Waals surface area contributed by atoms with Crippen LogP contribution in [-0.4, -0.2) is 34.2 Å². The van der Waals surface area contributed by atoms with Gasteiger partial charge in [0.2, 0.25) is 0 Å². The molecule has 0 aliphatic rings. The third-order valence-corrected chi connectivity index (χ3v) is 0.756. The van der Waals surface area contributed by atoms with Crippen molar-refractivity contribution in [2.24, 2.45) is 0 Å². The Morgan fingerprint density at radius 1 is 1.25 bits per heavy atom. The first-order valence-electron chi connectivity index (χ1n) is 3.16. The molecule has 0 unspecified atom stereocenters. The first kappa shape index (κ1) is 18.0. The number of aliphatic hydroxyl groups excluding tert-OH is 1. The quantitative estimate of drug-likeness (QED) is 0.473. The minimum atomic E-state index is 0. The Labute approximate surface area is 102 Å². The van der Waals surface area contributed by atoms with Crippen LogP contribution in [0.25, 0.3) is 0 Å². The third kappa shape index (κ3) is 12.8. The van der Waals surface area contributed by atoms with Crippen LogP contribution < -0.4 is 18.9 Å². The molecule has 0 atom stereocenters. The molecule has 0 saturated heterocycles. The van der Waals surface area contributed by atoms with E-state index in [1.807, 2.05) is 6.07 Å². The molecule has 1 rings (SSSR count). The first-order valence-corrected chi connectivity index (χ1v) is 3.16. The number of phenols is 1. The van der Waals surface area contributed by atoms with Gasteiger partial charge < -0.3 is 15.9 Å². The molecule has 0 fully saturated rings. The van der Waals surface area contributed by atoms with Crippen molar-refractivity contribution < 1.29 is 34.8 Å². The van der Waals surface area contributed by atoms with Crippen molar-refractivity contribution in [3.63, 3.8) is 0 Å². The zero-order chi connectivity index (χ0) is 7.82. The van der Waals surface area contributed by atoms with Gasteiger partial charge in [0.15, 0.2) is 0 Å². The Hall–Kier alpha value is 0.110. The summed E-state index contributed by atoms with van der Waals surface area (Å²) in [6, 6.07) is 8.71. The summed E-state index contributed by atoms with van der Waals surface area (Å²) in [5, 5.41) is 16.2. The Balaban J connectivity index is -0.0000000168. The molecular formula is C8H16AlLiO2. The predicted molar refractivity (Wildman–Crippen MR) is 51.1 cm³/mol. The van der Waals surface area contributed by atoms with Crippen LogP contribution in [0.2, 0.25) is 0 Å². The Bertz CT molecular complexity index is 171. The van der Waals surface area contributed by atoms with E-state index in [0.717, 1.165) is 0 Å². The van der Waals surface area contributed by atoms with Gasteiger partial charge in [-0.15, -0.1) is 0 Å². The molecule has 0 saturated carbocycles. The fourth-order valence-electron chi connectivity index (χ4n) is 0.428. The van der Waals surface area contributed by atoms with Crippen molar-refractivity contribution >= 4 is 17.4 Å². The van der Waals surface area contributed by atoms with Crippen molar-refractivity contribution in [1.82, 2.24) is 0 Å². The monoisotopic (exact) mass is 178 g/mol. The zero-order valence-corrected chi connectivity index (χ0v) is 8.72. The van der Waals surface area contributed by atoms with Gasteiger partial charge in [0.05, 0.1) is 0 Å². The van der Waals surface area contributed by atoms with E-state index in [9.17, 15) is 0 Å². The smallest absolute Gasteiger partial charge is 1.00 e. The van der Waals surface area contributed by atoms with Crippen LogP contribution >= 0.6 is 0 Å². The number of hydrogen-bond donors (Lipinski definition) is 2. The maximum atomic E-state index is 8.63. The van der Waals surface area contributed by atoms with Gasteiger partial charge in [0.1, 0.15) is 5.75 Å². The predicted octanol–water partition coefficient (Wildman–Crippen LogP) is -1.54. The summed E-state index contributed by atoms with van der Waals surface area (Å²) in [5.74, 6) is 0.322. The number of aliphatic hydroxyl groups is 1. The summed E-state index contributed by atoms with van der Waals surface area (Å²) in [6.45, 7) is 1.93. The van der Waals surface area contributed by atoms with E-state index in [0.29, 0.717) is 5.75 Å². The van der Waals surface area contributed by atoms with Gasteiger partial charge in [-0.3, -0.25) is 0 Å². The van der Waals surface area contributed by atoms with Crippen molar-refractivity contribution in [2.45, 2.75) is 6.92 Å². The molecule has 0 aliphatic carbocycles. The summed E-state index contributed by atoms with van der Waals surface area (Å²) in [4.78, 5) is 0. The minimum Gasteiger partial charge on any atom is -1.00 e. The molecule has 1 aromatic carbocycles. The topological polar surface area (TPSA) is 40.5 Å². The summed E-state index contributed by atoms with van der Waals surface area (Å²) >= 11 is 0. The molecule has 0 heterocycles. The summed E-state index contributed by atoms with van der Waals surface area (Å²) in [6.07, 6.45) is 0. The van der Waals surface area contributed by atoms with E-state index in [-0.39, 0.29) is 48.5 Å². The second kappa shape index (κ2) is 13.7. The number of para-hydroxylation sites is 1. The average Bonchev–Trinajstić information content (AvgIpc) is 1.91. The molecule has 1 aromatic rings. The Morgan fingerprint density at radius 3 is 1.75 bits per heavy atom. The zero-order valence-electron chi connectivity index (χ0n) is 11.6. The molecule has 2 N–H and O–H groups in total. The van der Waals surface area contributed by atoms with E-state index in [4.69, 9.17) is 10.2 Å². The van der Waals surface area contributed by atoms with Crippen LogP contribution in [-0.2, 0) is 0 Å². The molecule has 0 radical (unpaired) electrons. The standard InChI is InChI=1S/C6H6O.C2H6O.Al.Li.4H/c7-6-4-2-1-3-5-6;1-2-3;;;;;;/h1-5,7H;3H,2H2,1H3;;;;;;/q;;+3;+1;4*-1. The molecule has 0 amide bonds. The van der Waals surface area contributed by atoms with Crippen LogP contribution in [0.15, 0.2) is 30.3 Å². The number of phenolic OH excluding ortho intramolecular Hbond substituents is 1. The van der Waals surface area contributed by atoms with Gasteiger partial charge in [-0.25, -0.2) is 0 Å². The maximum Gasteiger partial charge on any atom is 3.00 e. The average molecular weight is 178 g/mol. The second-order valence-corrected chi connectivity index (χ2v) is 1.65. The molecule has 12 heavy (non-hydrogen) atoms. The van der Waals surface area contributed by atoms with Gasteiger partial charge in [0.25, 0.3) is 0 Å². The van der Waals surface area contributed by atoms with Gasteiger partial charge in [-0.05, 0) is 19.1 Å². The van der Waals surface area contributed by atoms with Crippen molar-refractivity contribution in [3.8, 4) is 5.75 Å². The van der Waals surface area contributed by atoms with Crippen LogP contribution in [0.4, 0.5) is 0 Å². The number of benzene rings is 1. The molecule has 0 aliphatic heterocycles. The fourth-order valence-corrected chi connectivity index (χ4v) is 0.428. The summed E-state index contributed by atoms with van der Waals surface area (Å²) < 4.78 is 0. The molecule has 2 nitrogen and oxygen atoms in total. The molecule has 4 heteroatoms. The number of rotatable bonds is 0. The SMILES string of the molecule is CCO.Oc1ccccc1.[Al+3].[H-].[H-].[H-].[H-].[Li+].